The van der Waals surface area contributed by atoms with E-state index in [4.69, 9.17) is 11.6 Å². The minimum absolute atomic E-state index is 0.0982. The fraction of sp³-hybridized carbons (Fsp3) is 0.909. The second-order valence-corrected chi connectivity index (χ2v) is 4.64. The summed E-state index contributed by atoms with van der Waals surface area (Å²) >= 11 is 5.94. The number of halogens is 1. The highest BCUT2D eigenvalue weighted by Crippen LogP contribution is 2.22. The summed E-state index contributed by atoms with van der Waals surface area (Å²) in [6, 6.07) is 0.434. The van der Waals surface area contributed by atoms with E-state index in [1.807, 2.05) is 18.9 Å². The van der Waals surface area contributed by atoms with Gasteiger partial charge in [-0.3, -0.25) is 4.79 Å². The van der Waals surface area contributed by atoms with Crippen LogP contribution in [0.2, 0.25) is 0 Å². The summed E-state index contributed by atoms with van der Waals surface area (Å²) in [6.07, 6.45) is 6.84. The van der Waals surface area contributed by atoms with Crippen molar-refractivity contribution in [1.82, 2.24) is 4.90 Å². The first-order valence-electron chi connectivity index (χ1n) is 5.57. The minimum atomic E-state index is -0.332. The van der Waals surface area contributed by atoms with Crippen molar-refractivity contribution < 1.29 is 4.79 Å². The highest BCUT2D eigenvalue weighted by molar-refractivity contribution is 6.30. The second kappa shape index (κ2) is 5.59. The molecule has 0 aliphatic heterocycles. The summed E-state index contributed by atoms with van der Waals surface area (Å²) in [7, 11) is 1.89. The Kier molecular flexibility index (Phi) is 4.73. The molecule has 14 heavy (non-hydrogen) atoms. The fourth-order valence-corrected chi connectivity index (χ4v) is 2.20. The van der Waals surface area contributed by atoms with Crippen LogP contribution in [0.5, 0.6) is 0 Å². The van der Waals surface area contributed by atoms with Gasteiger partial charge in [0.25, 0.3) is 0 Å². The Hall–Kier alpha value is -0.240. The van der Waals surface area contributed by atoms with Gasteiger partial charge in [-0.05, 0) is 19.3 Å². The highest BCUT2D eigenvalue weighted by atomic mass is 35.5. The molecule has 0 aromatic heterocycles. The lowest BCUT2D eigenvalue weighted by Crippen LogP contribution is -2.42. The molecule has 0 radical (unpaired) electrons. The number of alkyl halides is 1. The van der Waals surface area contributed by atoms with Gasteiger partial charge in [0.1, 0.15) is 5.38 Å². The second-order valence-electron chi connectivity index (χ2n) is 4.12. The van der Waals surface area contributed by atoms with Crippen LogP contribution in [0.3, 0.4) is 0 Å². The Balaban J connectivity index is 2.45. The van der Waals surface area contributed by atoms with E-state index < -0.39 is 0 Å². The van der Waals surface area contributed by atoms with E-state index in [2.05, 4.69) is 0 Å². The predicted molar refractivity (Wildman–Crippen MR) is 59.6 cm³/mol. The van der Waals surface area contributed by atoms with Gasteiger partial charge in [0, 0.05) is 13.1 Å². The van der Waals surface area contributed by atoms with Crippen LogP contribution in [-0.4, -0.2) is 29.3 Å². The molecule has 1 rings (SSSR count). The highest BCUT2D eigenvalue weighted by Gasteiger charge is 2.25. The van der Waals surface area contributed by atoms with Gasteiger partial charge >= 0.3 is 0 Å². The summed E-state index contributed by atoms with van der Waals surface area (Å²) in [5.41, 5.74) is 0. The monoisotopic (exact) mass is 217 g/mol. The largest absolute Gasteiger partial charge is 0.341 e. The molecule has 3 heteroatoms. The molecule has 0 bridgehead atoms. The molecule has 0 saturated heterocycles. The van der Waals surface area contributed by atoms with Gasteiger partial charge in [-0.2, -0.15) is 0 Å². The summed E-state index contributed by atoms with van der Waals surface area (Å²) in [6.45, 7) is 1.95. The molecule has 1 fully saturated rings. The van der Waals surface area contributed by atoms with Gasteiger partial charge in [0.2, 0.25) is 5.91 Å². The van der Waals surface area contributed by atoms with Crippen LogP contribution in [0.25, 0.3) is 0 Å². The van der Waals surface area contributed by atoms with Crippen LogP contribution in [0.1, 0.15) is 45.4 Å². The van der Waals surface area contributed by atoms with Gasteiger partial charge in [-0.15, -0.1) is 11.6 Å². The van der Waals surface area contributed by atoms with Gasteiger partial charge in [-0.1, -0.05) is 26.2 Å². The number of hydrogen-bond acceptors (Lipinski definition) is 1. The van der Waals surface area contributed by atoms with Crippen LogP contribution in [-0.2, 0) is 4.79 Å². The third kappa shape index (κ3) is 2.88. The summed E-state index contributed by atoms with van der Waals surface area (Å²) < 4.78 is 0. The lowest BCUT2D eigenvalue weighted by atomic mass is 9.94. The number of hydrogen-bond donors (Lipinski definition) is 0. The maximum absolute atomic E-state index is 11.8. The van der Waals surface area contributed by atoms with E-state index in [-0.39, 0.29) is 11.3 Å². The molecule has 2 nitrogen and oxygen atoms in total. The number of carbonyl (C=O) groups is 1. The predicted octanol–water partition coefficient (Wildman–Crippen LogP) is 2.79. The lowest BCUT2D eigenvalue weighted by molar-refractivity contribution is -0.132. The zero-order chi connectivity index (χ0) is 10.6. The van der Waals surface area contributed by atoms with Crippen LogP contribution < -0.4 is 0 Å². The number of rotatable bonds is 3. The van der Waals surface area contributed by atoms with Crippen LogP contribution in [0.4, 0.5) is 0 Å². The smallest absolute Gasteiger partial charge is 0.240 e. The third-order valence-electron chi connectivity index (χ3n) is 3.10. The van der Waals surface area contributed by atoms with Crippen molar-refractivity contribution in [3.8, 4) is 0 Å². The molecule has 0 heterocycles. The van der Waals surface area contributed by atoms with Gasteiger partial charge < -0.3 is 4.90 Å². The number of nitrogens with zero attached hydrogens (tertiary/aromatic N) is 1. The Morgan fingerprint density at radius 2 is 2.00 bits per heavy atom. The van der Waals surface area contributed by atoms with Crippen LogP contribution in [0, 0.1) is 0 Å². The van der Waals surface area contributed by atoms with E-state index in [0.717, 1.165) is 19.3 Å². The van der Waals surface area contributed by atoms with Crippen molar-refractivity contribution in [3.05, 3.63) is 0 Å². The first-order valence-corrected chi connectivity index (χ1v) is 6.01. The molecule has 0 aromatic rings. The summed E-state index contributed by atoms with van der Waals surface area (Å²) in [5.74, 6) is 0.0982. The van der Waals surface area contributed by atoms with E-state index in [1.165, 1.54) is 19.3 Å². The van der Waals surface area contributed by atoms with Crippen molar-refractivity contribution in [2.45, 2.75) is 56.9 Å². The summed E-state index contributed by atoms with van der Waals surface area (Å²) in [5, 5.41) is -0.332. The lowest BCUT2D eigenvalue weighted by Gasteiger charge is -2.32. The Bertz CT molecular complexity index is 190. The van der Waals surface area contributed by atoms with E-state index in [0.29, 0.717) is 6.04 Å². The Morgan fingerprint density at radius 1 is 1.43 bits per heavy atom. The van der Waals surface area contributed by atoms with E-state index in [1.54, 1.807) is 0 Å². The number of carbonyl (C=O) groups excluding carboxylic acids is 1. The molecule has 0 unspecified atom stereocenters. The topological polar surface area (TPSA) is 20.3 Å². The molecule has 1 aliphatic carbocycles. The quantitative estimate of drug-likeness (QED) is 0.666. The van der Waals surface area contributed by atoms with E-state index >= 15 is 0 Å². The van der Waals surface area contributed by atoms with Gasteiger partial charge in [0.05, 0.1) is 0 Å². The Morgan fingerprint density at radius 3 is 2.50 bits per heavy atom. The molecular formula is C11H20ClNO. The van der Waals surface area contributed by atoms with Gasteiger partial charge in [0.15, 0.2) is 0 Å². The van der Waals surface area contributed by atoms with E-state index in [9.17, 15) is 4.79 Å². The fourth-order valence-electron chi connectivity index (χ4n) is 2.04. The molecule has 1 saturated carbocycles. The normalized spacial score (nSPS) is 20.5. The maximum atomic E-state index is 11.8. The SMILES string of the molecule is CC[C@H](Cl)C(=O)N(C)C1CCCCC1. The molecule has 82 valence electrons. The van der Waals surface area contributed by atoms with Crippen molar-refractivity contribution in [3.63, 3.8) is 0 Å². The molecular weight excluding hydrogens is 198 g/mol. The molecule has 0 spiro atoms. The number of amides is 1. The van der Waals surface area contributed by atoms with Crippen LogP contribution in [0.15, 0.2) is 0 Å². The standard InChI is InChI=1S/C11H20ClNO/c1-3-10(12)11(14)13(2)9-7-5-4-6-8-9/h9-10H,3-8H2,1-2H3/t10-/m0/s1. The average Bonchev–Trinajstić information content (AvgIpc) is 2.27. The molecule has 0 aromatic carbocycles. The molecule has 1 amide bonds. The zero-order valence-corrected chi connectivity index (χ0v) is 9.89. The molecule has 1 aliphatic rings. The van der Waals surface area contributed by atoms with Crippen molar-refractivity contribution >= 4 is 17.5 Å². The van der Waals surface area contributed by atoms with Crippen molar-refractivity contribution in [1.29, 1.82) is 0 Å². The average molecular weight is 218 g/mol. The Labute approximate surface area is 91.6 Å². The molecule has 1 atom stereocenters. The maximum Gasteiger partial charge on any atom is 0.240 e. The van der Waals surface area contributed by atoms with Gasteiger partial charge in [-0.25, -0.2) is 0 Å². The third-order valence-corrected chi connectivity index (χ3v) is 3.59. The first-order chi connectivity index (χ1) is 6.66. The van der Waals surface area contributed by atoms with Crippen molar-refractivity contribution in [2.75, 3.05) is 7.05 Å². The summed E-state index contributed by atoms with van der Waals surface area (Å²) in [4.78, 5) is 13.6. The minimum Gasteiger partial charge on any atom is -0.341 e. The molecule has 0 N–H and O–H groups in total. The van der Waals surface area contributed by atoms with Crippen molar-refractivity contribution in [2.24, 2.45) is 0 Å². The van der Waals surface area contributed by atoms with Crippen LogP contribution >= 0.6 is 11.6 Å². The first kappa shape index (κ1) is 11.8. The zero-order valence-electron chi connectivity index (χ0n) is 9.13.